The molecule has 1 saturated heterocycles. The number of rotatable bonds is 4. The zero-order valence-electron chi connectivity index (χ0n) is 11.4. The largest absolute Gasteiger partial charge is 0.494 e. The van der Waals surface area contributed by atoms with E-state index in [1.54, 1.807) is 17.0 Å². The quantitative estimate of drug-likeness (QED) is 0.855. The Labute approximate surface area is 117 Å². The van der Waals surface area contributed by atoms with Crippen LogP contribution in [-0.4, -0.2) is 42.2 Å². The van der Waals surface area contributed by atoms with Gasteiger partial charge in [0, 0.05) is 12.6 Å². The van der Waals surface area contributed by atoms with E-state index in [2.05, 4.69) is 0 Å². The minimum Gasteiger partial charge on any atom is -0.494 e. The van der Waals surface area contributed by atoms with Gasteiger partial charge in [-0.1, -0.05) is 6.07 Å². The number of carbonyl (C=O) groups excluding carboxylic acids is 1. The van der Waals surface area contributed by atoms with Gasteiger partial charge in [0.1, 0.15) is 0 Å². The molecule has 1 N–H and O–H groups in total. The van der Waals surface area contributed by atoms with E-state index in [1.165, 1.54) is 25.3 Å². The normalized spacial score (nSPS) is 18.8. The molecule has 1 atom stereocenters. The second-order valence-corrected chi connectivity index (χ2v) is 4.74. The Morgan fingerprint density at radius 3 is 3.10 bits per heavy atom. The Morgan fingerprint density at radius 1 is 1.60 bits per heavy atom. The zero-order chi connectivity index (χ0) is 14.5. The standard InChI is InChI=1S/C15H18FNO3/c1-20-14-9-11(4-6-13(14)16)5-7-15(19)17-8-2-3-12(17)10-18/h4-7,9,12,18H,2-3,8,10H2,1H3/b7-5+. The van der Waals surface area contributed by atoms with Gasteiger partial charge < -0.3 is 14.7 Å². The summed E-state index contributed by atoms with van der Waals surface area (Å²) < 4.78 is 18.1. The average Bonchev–Trinajstić information content (AvgIpc) is 2.94. The third-order valence-corrected chi connectivity index (χ3v) is 3.46. The zero-order valence-corrected chi connectivity index (χ0v) is 11.4. The number of aliphatic hydroxyl groups is 1. The third-order valence-electron chi connectivity index (χ3n) is 3.46. The van der Waals surface area contributed by atoms with Crippen molar-refractivity contribution in [2.24, 2.45) is 0 Å². The van der Waals surface area contributed by atoms with Gasteiger partial charge >= 0.3 is 0 Å². The number of benzene rings is 1. The van der Waals surface area contributed by atoms with Crippen molar-refractivity contribution in [3.63, 3.8) is 0 Å². The molecule has 1 aliphatic heterocycles. The minimum absolute atomic E-state index is 0.00997. The number of hydrogen-bond donors (Lipinski definition) is 1. The number of methoxy groups -OCH3 is 1. The molecule has 5 heteroatoms. The van der Waals surface area contributed by atoms with Crippen molar-refractivity contribution in [1.29, 1.82) is 0 Å². The highest BCUT2D eigenvalue weighted by Crippen LogP contribution is 2.20. The van der Waals surface area contributed by atoms with Crippen molar-refractivity contribution < 1.29 is 19.0 Å². The summed E-state index contributed by atoms with van der Waals surface area (Å²) in [5.74, 6) is -0.422. The van der Waals surface area contributed by atoms with Crippen LogP contribution in [0.3, 0.4) is 0 Å². The van der Waals surface area contributed by atoms with E-state index in [9.17, 15) is 14.3 Å². The summed E-state index contributed by atoms with van der Waals surface area (Å²) in [6.45, 7) is 0.658. The van der Waals surface area contributed by atoms with E-state index in [1.807, 2.05) is 0 Å². The first kappa shape index (κ1) is 14.5. The van der Waals surface area contributed by atoms with E-state index < -0.39 is 5.82 Å². The van der Waals surface area contributed by atoms with Gasteiger partial charge in [0.15, 0.2) is 11.6 Å². The van der Waals surface area contributed by atoms with Crippen LogP contribution in [0.5, 0.6) is 5.75 Å². The number of hydrogen-bond acceptors (Lipinski definition) is 3. The van der Waals surface area contributed by atoms with Crippen molar-refractivity contribution in [1.82, 2.24) is 4.90 Å². The SMILES string of the molecule is COc1cc(/C=C/C(=O)N2CCCC2CO)ccc1F. The summed E-state index contributed by atoms with van der Waals surface area (Å²) in [6, 6.07) is 4.33. The van der Waals surface area contributed by atoms with Gasteiger partial charge in [-0.25, -0.2) is 4.39 Å². The summed E-state index contributed by atoms with van der Waals surface area (Å²) in [6.07, 6.45) is 4.81. The lowest BCUT2D eigenvalue weighted by atomic mass is 10.2. The lowest BCUT2D eigenvalue weighted by Crippen LogP contribution is -2.36. The molecule has 2 rings (SSSR count). The van der Waals surface area contributed by atoms with E-state index in [4.69, 9.17) is 4.74 Å². The maximum Gasteiger partial charge on any atom is 0.246 e. The minimum atomic E-state index is -0.434. The number of carbonyl (C=O) groups is 1. The van der Waals surface area contributed by atoms with Crippen LogP contribution in [0.15, 0.2) is 24.3 Å². The van der Waals surface area contributed by atoms with Crippen molar-refractivity contribution >= 4 is 12.0 Å². The molecule has 1 aromatic carbocycles. The maximum absolute atomic E-state index is 13.3. The predicted octanol–water partition coefficient (Wildman–Crippen LogP) is 1.83. The Kier molecular flexibility index (Phi) is 4.74. The van der Waals surface area contributed by atoms with Gasteiger partial charge in [-0.2, -0.15) is 0 Å². The van der Waals surface area contributed by atoms with Crippen LogP contribution < -0.4 is 4.74 Å². The summed E-state index contributed by atoms with van der Waals surface area (Å²) in [5, 5.41) is 9.19. The summed E-state index contributed by atoms with van der Waals surface area (Å²) in [4.78, 5) is 13.7. The first-order valence-corrected chi connectivity index (χ1v) is 6.58. The number of ether oxygens (including phenoxy) is 1. The second-order valence-electron chi connectivity index (χ2n) is 4.74. The Morgan fingerprint density at radius 2 is 2.40 bits per heavy atom. The number of likely N-dealkylation sites (tertiary alicyclic amines) is 1. The fourth-order valence-electron chi connectivity index (χ4n) is 2.36. The molecule has 0 radical (unpaired) electrons. The van der Waals surface area contributed by atoms with Gasteiger partial charge in [0.05, 0.1) is 19.8 Å². The molecule has 0 spiro atoms. The number of nitrogens with zero attached hydrogens (tertiary/aromatic N) is 1. The van der Waals surface area contributed by atoms with Crippen molar-refractivity contribution in [3.05, 3.63) is 35.7 Å². The molecular formula is C15H18FNO3. The van der Waals surface area contributed by atoms with Crippen LogP contribution in [0.2, 0.25) is 0 Å². The summed E-state index contributed by atoms with van der Waals surface area (Å²) >= 11 is 0. The molecule has 1 unspecified atom stereocenters. The molecule has 108 valence electrons. The molecule has 0 saturated carbocycles. The highest BCUT2D eigenvalue weighted by atomic mass is 19.1. The highest BCUT2D eigenvalue weighted by Gasteiger charge is 2.26. The molecule has 1 heterocycles. The number of amides is 1. The Bertz CT molecular complexity index is 516. The van der Waals surface area contributed by atoms with Crippen molar-refractivity contribution in [2.45, 2.75) is 18.9 Å². The fourth-order valence-corrected chi connectivity index (χ4v) is 2.36. The smallest absolute Gasteiger partial charge is 0.246 e. The highest BCUT2D eigenvalue weighted by molar-refractivity contribution is 5.92. The molecule has 1 aromatic rings. The van der Waals surface area contributed by atoms with Gasteiger partial charge in [-0.15, -0.1) is 0 Å². The molecule has 1 amide bonds. The molecule has 0 bridgehead atoms. The topological polar surface area (TPSA) is 49.8 Å². The van der Waals surface area contributed by atoms with Crippen LogP contribution in [0.4, 0.5) is 4.39 Å². The molecular weight excluding hydrogens is 261 g/mol. The lowest BCUT2D eigenvalue weighted by molar-refractivity contribution is -0.127. The number of aliphatic hydroxyl groups excluding tert-OH is 1. The Balaban J connectivity index is 2.07. The molecule has 1 aliphatic rings. The van der Waals surface area contributed by atoms with E-state index in [0.717, 1.165) is 12.8 Å². The average molecular weight is 279 g/mol. The lowest BCUT2D eigenvalue weighted by Gasteiger charge is -2.21. The molecule has 0 aliphatic carbocycles. The van der Waals surface area contributed by atoms with Crippen LogP contribution in [0.1, 0.15) is 18.4 Å². The molecule has 1 fully saturated rings. The second kappa shape index (κ2) is 6.52. The molecule has 20 heavy (non-hydrogen) atoms. The Hall–Kier alpha value is -1.88. The van der Waals surface area contributed by atoms with Crippen LogP contribution in [0.25, 0.3) is 6.08 Å². The van der Waals surface area contributed by atoms with Gasteiger partial charge in [0.2, 0.25) is 5.91 Å². The van der Waals surface area contributed by atoms with E-state index in [0.29, 0.717) is 12.1 Å². The maximum atomic E-state index is 13.3. The summed E-state index contributed by atoms with van der Waals surface area (Å²) in [5.41, 5.74) is 0.691. The van der Waals surface area contributed by atoms with Gasteiger partial charge in [0.25, 0.3) is 0 Å². The van der Waals surface area contributed by atoms with Crippen LogP contribution in [-0.2, 0) is 4.79 Å². The van der Waals surface area contributed by atoms with Gasteiger partial charge in [-0.05, 0) is 36.6 Å². The van der Waals surface area contributed by atoms with Gasteiger partial charge in [-0.3, -0.25) is 4.79 Å². The van der Waals surface area contributed by atoms with E-state index in [-0.39, 0.29) is 24.3 Å². The first-order valence-electron chi connectivity index (χ1n) is 6.58. The summed E-state index contributed by atoms with van der Waals surface area (Å²) in [7, 11) is 1.40. The molecule has 0 aromatic heterocycles. The van der Waals surface area contributed by atoms with E-state index >= 15 is 0 Å². The fraction of sp³-hybridized carbons (Fsp3) is 0.400. The van der Waals surface area contributed by atoms with Crippen LogP contribution >= 0.6 is 0 Å². The third kappa shape index (κ3) is 3.17. The number of halogens is 1. The molecule has 4 nitrogen and oxygen atoms in total. The van der Waals surface area contributed by atoms with Crippen molar-refractivity contribution in [2.75, 3.05) is 20.3 Å². The van der Waals surface area contributed by atoms with Crippen molar-refractivity contribution in [3.8, 4) is 5.75 Å². The first-order chi connectivity index (χ1) is 9.65. The predicted molar refractivity (Wildman–Crippen MR) is 73.8 cm³/mol. The monoisotopic (exact) mass is 279 g/mol. The van der Waals surface area contributed by atoms with Crippen LogP contribution in [0, 0.1) is 5.82 Å².